The number of ether oxygens (including phenoxy) is 4. The molecule has 190 valence electrons. The van der Waals surface area contributed by atoms with Gasteiger partial charge in [-0.25, -0.2) is 8.42 Å². The van der Waals surface area contributed by atoms with E-state index in [9.17, 15) is 23.6 Å². The number of phenols is 1. The number of nitro benzene ring substituents is 1. The summed E-state index contributed by atoms with van der Waals surface area (Å²) >= 11 is 0. The van der Waals surface area contributed by atoms with Crippen molar-refractivity contribution in [3.8, 4) is 28.7 Å². The first-order valence-electron chi connectivity index (χ1n) is 10.5. The van der Waals surface area contributed by atoms with E-state index in [4.69, 9.17) is 18.9 Å². The van der Waals surface area contributed by atoms with Crippen LogP contribution in [0.25, 0.3) is 12.2 Å². The fourth-order valence-corrected chi connectivity index (χ4v) is 5.04. The van der Waals surface area contributed by atoms with Crippen LogP contribution in [0.5, 0.6) is 28.7 Å². The molecule has 3 rings (SSSR count). The van der Waals surface area contributed by atoms with Gasteiger partial charge < -0.3 is 24.1 Å². The maximum Gasteiger partial charge on any atom is 0.270 e. The summed E-state index contributed by atoms with van der Waals surface area (Å²) in [7, 11) is 1.75. The topological polar surface area (TPSA) is 134 Å². The van der Waals surface area contributed by atoms with Gasteiger partial charge in [0.05, 0.1) is 44.0 Å². The van der Waals surface area contributed by atoms with E-state index in [-0.39, 0.29) is 27.6 Å². The van der Waals surface area contributed by atoms with Gasteiger partial charge in [0.1, 0.15) is 0 Å². The average molecular weight is 516 g/mol. The smallest absolute Gasteiger partial charge is 0.270 e. The molecule has 3 aromatic rings. The Morgan fingerprint density at radius 2 is 1.53 bits per heavy atom. The second kappa shape index (κ2) is 11.0. The predicted octanol–water partition coefficient (Wildman–Crippen LogP) is 4.48. The molecule has 11 heteroatoms. The van der Waals surface area contributed by atoms with E-state index in [1.165, 1.54) is 52.7 Å². The second-order valence-electron chi connectivity index (χ2n) is 7.49. The SMILES string of the molecule is COc1cc(/C=C\c2ccc(O)c(OC)c2CS(=O)(=O)c2cccc([N+](=O)[O-])c2)cc(OC)c1OC. The van der Waals surface area contributed by atoms with Crippen LogP contribution in [0, 0.1) is 10.1 Å². The molecule has 10 nitrogen and oxygen atoms in total. The lowest BCUT2D eigenvalue weighted by Crippen LogP contribution is -2.08. The third kappa shape index (κ3) is 5.52. The zero-order valence-corrected chi connectivity index (χ0v) is 20.9. The van der Waals surface area contributed by atoms with E-state index in [1.807, 2.05) is 0 Å². The highest BCUT2D eigenvalue weighted by Gasteiger charge is 2.24. The van der Waals surface area contributed by atoms with Crippen molar-refractivity contribution in [2.45, 2.75) is 10.6 Å². The fraction of sp³-hybridized carbons (Fsp3) is 0.200. The number of hydrogen-bond donors (Lipinski definition) is 1. The highest BCUT2D eigenvalue weighted by atomic mass is 32.2. The van der Waals surface area contributed by atoms with Gasteiger partial charge in [0.25, 0.3) is 5.69 Å². The number of sulfone groups is 1. The molecule has 0 unspecified atom stereocenters. The molecular formula is C25H25NO9S. The minimum atomic E-state index is -4.04. The van der Waals surface area contributed by atoms with Crippen LogP contribution >= 0.6 is 0 Å². The Kier molecular flexibility index (Phi) is 8.05. The zero-order chi connectivity index (χ0) is 26.5. The molecule has 0 atom stereocenters. The maximum absolute atomic E-state index is 13.2. The molecule has 1 N–H and O–H groups in total. The van der Waals surface area contributed by atoms with Gasteiger partial charge in [-0.1, -0.05) is 24.3 Å². The van der Waals surface area contributed by atoms with Crippen molar-refractivity contribution in [1.29, 1.82) is 0 Å². The average Bonchev–Trinajstić information content (AvgIpc) is 2.87. The number of nitrogens with zero attached hydrogens (tertiary/aromatic N) is 1. The summed E-state index contributed by atoms with van der Waals surface area (Å²) < 4.78 is 47.8. The first-order chi connectivity index (χ1) is 17.1. The van der Waals surface area contributed by atoms with Crippen molar-refractivity contribution in [2.24, 2.45) is 0 Å². The lowest BCUT2D eigenvalue weighted by atomic mass is 10.0. The Morgan fingerprint density at radius 3 is 2.08 bits per heavy atom. The lowest BCUT2D eigenvalue weighted by molar-refractivity contribution is -0.385. The molecule has 0 fully saturated rings. The molecule has 0 aliphatic carbocycles. The van der Waals surface area contributed by atoms with Gasteiger partial charge in [-0.3, -0.25) is 10.1 Å². The van der Waals surface area contributed by atoms with Crippen molar-refractivity contribution in [3.63, 3.8) is 0 Å². The largest absolute Gasteiger partial charge is 0.504 e. The number of rotatable bonds is 10. The molecule has 0 radical (unpaired) electrons. The van der Waals surface area contributed by atoms with E-state index in [0.29, 0.717) is 28.4 Å². The van der Waals surface area contributed by atoms with Crippen LogP contribution in [0.4, 0.5) is 5.69 Å². The summed E-state index contributed by atoms with van der Waals surface area (Å²) in [5, 5.41) is 21.4. The van der Waals surface area contributed by atoms with Gasteiger partial charge in [-0.15, -0.1) is 0 Å². The van der Waals surface area contributed by atoms with Crippen LogP contribution in [0.3, 0.4) is 0 Å². The Morgan fingerprint density at radius 1 is 0.889 bits per heavy atom. The van der Waals surface area contributed by atoms with Gasteiger partial charge >= 0.3 is 0 Å². The molecule has 0 amide bonds. The highest BCUT2D eigenvalue weighted by molar-refractivity contribution is 7.90. The molecule has 0 aliphatic rings. The van der Waals surface area contributed by atoms with Crippen molar-refractivity contribution in [2.75, 3.05) is 28.4 Å². The molecule has 0 heterocycles. The number of non-ortho nitro benzene ring substituents is 1. The van der Waals surface area contributed by atoms with E-state index in [1.54, 1.807) is 30.4 Å². The fourth-order valence-electron chi connectivity index (χ4n) is 3.61. The molecule has 3 aromatic carbocycles. The van der Waals surface area contributed by atoms with E-state index in [0.717, 1.165) is 6.07 Å². The first kappa shape index (κ1) is 26.4. The van der Waals surface area contributed by atoms with Gasteiger partial charge in [-0.05, 0) is 35.4 Å². The Bertz CT molecular complexity index is 1390. The predicted molar refractivity (Wildman–Crippen MR) is 134 cm³/mol. The zero-order valence-electron chi connectivity index (χ0n) is 20.0. The monoisotopic (exact) mass is 515 g/mol. The summed E-state index contributed by atoms with van der Waals surface area (Å²) in [4.78, 5) is 10.2. The molecule has 0 aromatic heterocycles. The number of hydrogen-bond acceptors (Lipinski definition) is 9. The van der Waals surface area contributed by atoms with E-state index in [2.05, 4.69) is 0 Å². The van der Waals surface area contributed by atoms with Crippen molar-refractivity contribution in [1.82, 2.24) is 0 Å². The third-order valence-corrected chi connectivity index (χ3v) is 6.99. The van der Waals surface area contributed by atoms with Crippen LogP contribution in [0.15, 0.2) is 53.4 Å². The maximum atomic E-state index is 13.2. The molecule has 0 saturated carbocycles. The Balaban J connectivity index is 2.08. The molecule has 36 heavy (non-hydrogen) atoms. The summed E-state index contributed by atoms with van der Waals surface area (Å²) in [6.07, 6.45) is 3.36. The quantitative estimate of drug-likeness (QED) is 0.236. The van der Waals surface area contributed by atoms with Crippen LogP contribution in [-0.2, 0) is 15.6 Å². The standard InChI is InChI=1S/C25H25NO9S/c1-32-22-12-16(13-23(33-2)25(22)35-4)8-9-17-10-11-21(27)24(34-3)20(17)15-36(30,31)19-7-5-6-18(14-19)26(28)29/h5-14,27H,15H2,1-4H3/b9-8-. The minimum absolute atomic E-state index is 0.0175. The first-order valence-corrected chi connectivity index (χ1v) is 12.1. The number of nitro groups is 1. The molecule has 0 aliphatic heterocycles. The highest BCUT2D eigenvalue weighted by Crippen LogP contribution is 2.39. The number of aromatic hydroxyl groups is 1. The molecule has 0 bridgehead atoms. The van der Waals surface area contributed by atoms with Crippen LogP contribution in [-0.4, -0.2) is 46.9 Å². The number of methoxy groups -OCH3 is 4. The minimum Gasteiger partial charge on any atom is -0.504 e. The molecule has 0 spiro atoms. The van der Waals surface area contributed by atoms with Gasteiger partial charge in [0.2, 0.25) is 5.75 Å². The Hall–Kier alpha value is -4.25. The van der Waals surface area contributed by atoms with Crippen molar-refractivity contribution >= 4 is 27.7 Å². The van der Waals surface area contributed by atoms with Crippen LogP contribution in [0.1, 0.15) is 16.7 Å². The van der Waals surface area contributed by atoms with E-state index >= 15 is 0 Å². The normalized spacial score (nSPS) is 11.3. The van der Waals surface area contributed by atoms with Crippen molar-refractivity contribution < 1.29 is 37.4 Å². The number of benzene rings is 3. The second-order valence-corrected chi connectivity index (χ2v) is 9.48. The summed E-state index contributed by atoms with van der Waals surface area (Å²) in [5.74, 6) is 0.470. The van der Waals surface area contributed by atoms with Gasteiger partial charge in [0, 0.05) is 17.7 Å². The van der Waals surface area contributed by atoms with Crippen LogP contribution < -0.4 is 18.9 Å². The third-order valence-electron chi connectivity index (χ3n) is 5.34. The summed E-state index contributed by atoms with van der Waals surface area (Å²) in [5.41, 5.74) is 0.964. The van der Waals surface area contributed by atoms with Crippen molar-refractivity contribution in [3.05, 3.63) is 75.3 Å². The summed E-state index contributed by atoms with van der Waals surface area (Å²) in [6.45, 7) is 0. The van der Waals surface area contributed by atoms with E-state index < -0.39 is 20.5 Å². The molecule has 0 saturated heterocycles. The lowest BCUT2D eigenvalue weighted by Gasteiger charge is -2.15. The van der Waals surface area contributed by atoms with Gasteiger partial charge in [-0.2, -0.15) is 0 Å². The van der Waals surface area contributed by atoms with Crippen LogP contribution in [0.2, 0.25) is 0 Å². The number of phenolic OH excluding ortho intramolecular Hbond substituents is 1. The Labute approximate surface area is 208 Å². The summed E-state index contributed by atoms with van der Waals surface area (Å²) in [6, 6.07) is 11.2. The van der Waals surface area contributed by atoms with Gasteiger partial charge in [0.15, 0.2) is 32.8 Å². The molecular weight excluding hydrogens is 490 g/mol.